The summed E-state index contributed by atoms with van der Waals surface area (Å²) in [5.41, 5.74) is 4.10. The molecule has 0 unspecified atom stereocenters. The lowest BCUT2D eigenvalue weighted by Crippen LogP contribution is -2.42. The van der Waals surface area contributed by atoms with Crippen molar-refractivity contribution in [2.75, 3.05) is 21.5 Å². The van der Waals surface area contributed by atoms with E-state index >= 15 is 0 Å². The highest BCUT2D eigenvalue weighted by Crippen LogP contribution is 2.31. The molecule has 1 aliphatic heterocycles. The van der Waals surface area contributed by atoms with Crippen LogP contribution in [0.25, 0.3) is 0 Å². The Kier molecular flexibility index (Phi) is 5.48. The van der Waals surface area contributed by atoms with Gasteiger partial charge < -0.3 is 5.32 Å². The highest BCUT2D eigenvalue weighted by atomic mass is 32.2. The minimum atomic E-state index is -3.94. The average Bonchev–Trinajstić information content (AvgIpc) is 2.75. The topological polar surface area (TPSA) is 95.6 Å². The fourth-order valence-electron chi connectivity index (χ4n) is 3.72. The quantitative estimate of drug-likeness (QED) is 0.629. The third-order valence-electron chi connectivity index (χ3n) is 5.37. The second-order valence-corrected chi connectivity index (χ2v) is 9.51. The zero-order valence-corrected chi connectivity index (χ0v) is 18.8. The molecular weight excluding hydrogens is 426 g/mol. The van der Waals surface area contributed by atoms with Crippen LogP contribution in [0.3, 0.4) is 0 Å². The SMILES string of the molecule is Cc1ccc(NS(=O)(=O)c2cc(C(=O)N3CC(=O)Nc4ccccc43)ccc2C)c(C)c1. The monoisotopic (exact) mass is 449 g/mol. The van der Waals surface area contributed by atoms with Gasteiger partial charge in [-0.3, -0.25) is 19.2 Å². The highest BCUT2D eigenvalue weighted by Gasteiger charge is 2.28. The van der Waals surface area contributed by atoms with Gasteiger partial charge in [0, 0.05) is 5.56 Å². The first-order valence-corrected chi connectivity index (χ1v) is 11.6. The van der Waals surface area contributed by atoms with E-state index in [1.165, 1.54) is 11.0 Å². The van der Waals surface area contributed by atoms with Crippen LogP contribution in [-0.2, 0) is 14.8 Å². The molecule has 2 amide bonds. The lowest BCUT2D eigenvalue weighted by Gasteiger charge is -2.29. The second kappa shape index (κ2) is 8.12. The first kappa shape index (κ1) is 21.6. The van der Waals surface area contributed by atoms with E-state index in [0.717, 1.165) is 11.1 Å². The van der Waals surface area contributed by atoms with E-state index in [9.17, 15) is 18.0 Å². The maximum Gasteiger partial charge on any atom is 0.262 e. The number of sulfonamides is 1. The van der Waals surface area contributed by atoms with Crippen LogP contribution in [0.2, 0.25) is 0 Å². The number of benzene rings is 3. The standard InChI is InChI=1S/C24H23N3O4S/c1-15-8-11-19(17(3)12-15)26-32(30,31)22-13-18(10-9-16(22)2)24(29)27-14-23(28)25-20-6-4-5-7-21(20)27/h4-13,26H,14H2,1-3H3,(H,25,28). The Morgan fingerprint density at radius 3 is 2.47 bits per heavy atom. The molecular formula is C24H23N3O4S. The van der Waals surface area contributed by atoms with Gasteiger partial charge >= 0.3 is 0 Å². The number of fused-ring (bicyclic) bond motifs is 1. The molecule has 0 atom stereocenters. The summed E-state index contributed by atoms with van der Waals surface area (Å²) < 4.78 is 28.9. The smallest absolute Gasteiger partial charge is 0.262 e. The molecule has 1 heterocycles. The molecule has 3 aromatic carbocycles. The molecule has 0 spiro atoms. The van der Waals surface area contributed by atoms with E-state index in [0.29, 0.717) is 22.6 Å². The molecule has 7 nitrogen and oxygen atoms in total. The summed E-state index contributed by atoms with van der Waals surface area (Å²) in [7, 11) is -3.94. The van der Waals surface area contributed by atoms with Crippen LogP contribution in [0, 0.1) is 20.8 Å². The van der Waals surface area contributed by atoms with Gasteiger partial charge in [0.15, 0.2) is 0 Å². The Labute approximate surface area is 187 Å². The van der Waals surface area contributed by atoms with Crippen LogP contribution in [0.15, 0.2) is 65.6 Å². The van der Waals surface area contributed by atoms with Crippen molar-refractivity contribution < 1.29 is 18.0 Å². The summed E-state index contributed by atoms with van der Waals surface area (Å²) in [4.78, 5) is 26.7. The number of hydrogen-bond acceptors (Lipinski definition) is 4. The summed E-state index contributed by atoms with van der Waals surface area (Å²) >= 11 is 0. The first-order valence-electron chi connectivity index (χ1n) is 10.1. The highest BCUT2D eigenvalue weighted by molar-refractivity contribution is 7.92. The molecule has 0 saturated carbocycles. The van der Waals surface area contributed by atoms with Crippen molar-refractivity contribution in [3.63, 3.8) is 0 Å². The summed E-state index contributed by atoms with van der Waals surface area (Å²) in [6.07, 6.45) is 0. The van der Waals surface area contributed by atoms with Crippen LogP contribution in [-0.4, -0.2) is 26.8 Å². The molecule has 0 fully saturated rings. The summed E-state index contributed by atoms with van der Waals surface area (Å²) in [6.45, 7) is 5.29. The van der Waals surface area contributed by atoms with E-state index < -0.39 is 15.9 Å². The minimum absolute atomic E-state index is 0.0121. The lowest BCUT2D eigenvalue weighted by atomic mass is 10.1. The van der Waals surface area contributed by atoms with Crippen LogP contribution in [0.5, 0.6) is 0 Å². The van der Waals surface area contributed by atoms with Crippen LogP contribution >= 0.6 is 0 Å². The Morgan fingerprint density at radius 2 is 1.72 bits per heavy atom. The van der Waals surface area contributed by atoms with E-state index in [1.54, 1.807) is 49.4 Å². The predicted octanol–water partition coefficient (Wildman–Crippen LogP) is 4.01. The van der Waals surface area contributed by atoms with Gasteiger partial charge in [-0.2, -0.15) is 0 Å². The summed E-state index contributed by atoms with van der Waals surface area (Å²) in [6, 6.07) is 17.0. The molecule has 3 aromatic rings. The van der Waals surface area contributed by atoms with E-state index in [2.05, 4.69) is 10.0 Å². The van der Waals surface area contributed by atoms with E-state index in [4.69, 9.17) is 0 Å². The minimum Gasteiger partial charge on any atom is -0.323 e. The number of nitrogens with one attached hydrogen (secondary N) is 2. The first-order chi connectivity index (χ1) is 15.2. The van der Waals surface area contributed by atoms with Gasteiger partial charge in [0.05, 0.1) is 22.0 Å². The van der Waals surface area contributed by atoms with Gasteiger partial charge in [0.25, 0.3) is 15.9 Å². The Morgan fingerprint density at radius 1 is 0.969 bits per heavy atom. The Hall–Kier alpha value is -3.65. The third-order valence-corrected chi connectivity index (χ3v) is 6.87. The van der Waals surface area contributed by atoms with Gasteiger partial charge in [0.2, 0.25) is 5.91 Å². The maximum absolute atomic E-state index is 13.3. The van der Waals surface area contributed by atoms with Gasteiger partial charge in [-0.05, 0) is 62.2 Å². The average molecular weight is 450 g/mol. The number of para-hydroxylation sites is 2. The zero-order chi connectivity index (χ0) is 23.0. The van der Waals surface area contributed by atoms with Crippen molar-refractivity contribution in [3.8, 4) is 0 Å². The molecule has 0 saturated heterocycles. The van der Waals surface area contributed by atoms with Gasteiger partial charge in [-0.25, -0.2) is 8.42 Å². The van der Waals surface area contributed by atoms with Crippen LogP contribution < -0.4 is 14.9 Å². The fourth-order valence-corrected chi connectivity index (χ4v) is 5.12. The summed E-state index contributed by atoms with van der Waals surface area (Å²) in [5.74, 6) is -0.760. The number of rotatable bonds is 4. The van der Waals surface area contributed by atoms with Gasteiger partial charge in [-0.15, -0.1) is 0 Å². The normalized spacial score (nSPS) is 13.3. The fraction of sp³-hybridized carbons (Fsp3) is 0.167. The zero-order valence-electron chi connectivity index (χ0n) is 18.0. The largest absolute Gasteiger partial charge is 0.323 e. The third kappa shape index (κ3) is 4.09. The summed E-state index contributed by atoms with van der Waals surface area (Å²) in [5, 5.41) is 2.74. The van der Waals surface area contributed by atoms with Crippen LogP contribution in [0.1, 0.15) is 27.0 Å². The second-order valence-electron chi connectivity index (χ2n) is 7.86. The Balaban J connectivity index is 1.70. The molecule has 4 rings (SSSR count). The van der Waals surface area contributed by atoms with Crippen LogP contribution in [0.4, 0.5) is 17.1 Å². The number of aryl methyl sites for hydroxylation is 3. The number of carbonyl (C=O) groups is 2. The lowest BCUT2D eigenvalue weighted by molar-refractivity contribution is -0.115. The van der Waals surface area contributed by atoms with Gasteiger partial charge in [0.1, 0.15) is 6.54 Å². The van der Waals surface area contributed by atoms with Crippen molar-refractivity contribution in [2.24, 2.45) is 0 Å². The number of anilines is 3. The van der Waals surface area contributed by atoms with Crippen molar-refractivity contribution in [2.45, 2.75) is 25.7 Å². The number of carbonyl (C=O) groups excluding carboxylic acids is 2. The molecule has 1 aliphatic rings. The number of nitrogens with zero attached hydrogens (tertiary/aromatic N) is 1. The molecule has 8 heteroatoms. The van der Waals surface area contributed by atoms with Crippen molar-refractivity contribution in [1.29, 1.82) is 0 Å². The van der Waals surface area contributed by atoms with E-state index in [-0.39, 0.29) is 22.9 Å². The molecule has 32 heavy (non-hydrogen) atoms. The molecule has 0 radical (unpaired) electrons. The molecule has 2 N–H and O–H groups in total. The van der Waals surface area contributed by atoms with Gasteiger partial charge in [-0.1, -0.05) is 35.9 Å². The van der Waals surface area contributed by atoms with Crippen molar-refractivity contribution in [3.05, 3.63) is 82.9 Å². The Bertz CT molecular complexity index is 1350. The molecule has 164 valence electrons. The molecule has 0 aliphatic carbocycles. The van der Waals surface area contributed by atoms with E-state index in [1.807, 2.05) is 26.0 Å². The number of amides is 2. The van der Waals surface area contributed by atoms with Crippen molar-refractivity contribution in [1.82, 2.24) is 0 Å². The maximum atomic E-state index is 13.3. The van der Waals surface area contributed by atoms with Crippen molar-refractivity contribution >= 4 is 38.9 Å². The number of hydrogen-bond donors (Lipinski definition) is 2. The molecule has 0 bridgehead atoms. The predicted molar refractivity (Wildman–Crippen MR) is 125 cm³/mol. The molecule has 0 aromatic heterocycles.